The number of ether oxygens (including phenoxy) is 1. The van der Waals surface area contributed by atoms with Gasteiger partial charge in [-0.3, -0.25) is 9.58 Å². The van der Waals surface area contributed by atoms with Gasteiger partial charge in [0.1, 0.15) is 12.7 Å². The molecule has 4 rings (SSSR count). The van der Waals surface area contributed by atoms with E-state index in [0.29, 0.717) is 31.4 Å². The maximum absolute atomic E-state index is 5.79. The first-order valence-electron chi connectivity index (χ1n) is 7.38. The molecule has 1 fully saturated rings. The Kier molecular flexibility index (Phi) is 4.14. The summed E-state index contributed by atoms with van der Waals surface area (Å²) in [5.74, 6) is 1.28. The average Bonchev–Trinajstić information content (AvgIpc) is 3.30. The van der Waals surface area contributed by atoms with Crippen molar-refractivity contribution in [1.82, 2.24) is 29.8 Å². The molecule has 1 aliphatic heterocycles. The molecule has 0 aromatic carbocycles. The average molecular weight is 332 g/mol. The molecule has 0 spiro atoms. The molecule has 1 saturated heterocycles. The molecule has 0 aliphatic carbocycles. The molecular formula is C14H16N6O2S. The second-order valence-electron chi connectivity index (χ2n) is 5.37. The van der Waals surface area contributed by atoms with Crippen LogP contribution < -0.4 is 0 Å². The van der Waals surface area contributed by atoms with Gasteiger partial charge in [-0.15, -0.1) is 0 Å². The van der Waals surface area contributed by atoms with Crippen LogP contribution in [0.5, 0.6) is 0 Å². The molecule has 23 heavy (non-hydrogen) atoms. The summed E-state index contributed by atoms with van der Waals surface area (Å²) in [5, 5.41) is 12.2. The summed E-state index contributed by atoms with van der Waals surface area (Å²) in [6.45, 7) is 3.67. The zero-order valence-electron chi connectivity index (χ0n) is 12.4. The number of hydrogen-bond acceptors (Lipinski definition) is 8. The van der Waals surface area contributed by atoms with E-state index in [-0.39, 0.29) is 6.10 Å². The Morgan fingerprint density at radius 2 is 2.39 bits per heavy atom. The maximum atomic E-state index is 5.79. The number of morpholine rings is 1. The van der Waals surface area contributed by atoms with Crippen LogP contribution in [0.25, 0.3) is 11.4 Å². The van der Waals surface area contributed by atoms with Gasteiger partial charge in [0.2, 0.25) is 11.7 Å². The highest BCUT2D eigenvalue weighted by molar-refractivity contribution is 7.08. The topological polar surface area (TPSA) is 82.1 Å². The molecule has 0 bridgehead atoms. The molecule has 4 heterocycles. The highest BCUT2D eigenvalue weighted by Crippen LogP contribution is 2.19. The molecule has 1 atom stereocenters. The zero-order valence-corrected chi connectivity index (χ0v) is 13.2. The van der Waals surface area contributed by atoms with Gasteiger partial charge in [0.15, 0.2) is 0 Å². The van der Waals surface area contributed by atoms with Crippen LogP contribution in [0, 0.1) is 0 Å². The van der Waals surface area contributed by atoms with Gasteiger partial charge in [-0.2, -0.15) is 21.4 Å². The largest absolute Gasteiger partial charge is 0.374 e. The Bertz CT molecular complexity index is 726. The minimum Gasteiger partial charge on any atom is -0.374 e. The maximum Gasteiger partial charge on any atom is 0.241 e. The van der Waals surface area contributed by atoms with Crippen LogP contribution in [-0.2, 0) is 17.8 Å². The first-order chi connectivity index (χ1) is 11.4. The van der Waals surface area contributed by atoms with Crippen molar-refractivity contribution in [3.63, 3.8) is 0 Å². The SMILES string of the molecule is c1ncn(C[C@@H]2CN(Cc3nc(-c4ccsc4)no3)CCO2)n1. The summed E-state index contributed by atoms with van der Waals surface area (Å²) in [4.78, 5) is 10.7. The fourth-order valence-electron chi connectivity index (χ4n) is 2.59. The highest BCUT2D eigenvalue weighted by atomic mass is 32.1. The zero-order chi connectivity index (χ0) is 15.5. The summed E-state index contributed by atoms with van der Waals surface area (Å²) in [7, 11) is 0. The van der Waals surface area contributed by atoms with E-state index in [2.05, 4.69) is 25.1 Å². The van der Waals surface area contributed by atoms with Gasteiger partial charge in [-0.1, -0.05) is 5.16 Å². The minimum absolute atomic E-state index is 0.0877. The fourth-order valence-corrected chi connectivity index (χ4v) is 3.22. The third-order valence-corrected chi connectivity index (χ3v) is 4.37. The standard InChI is InChI=1S/C14H16N6O2S/c1-4-23-8-11(1)14-17-13(22-18-14)7-19-2-3-21-12(5-19)6-20-10-15-9-16-20/h1,4,8-10,12H,2-3,5-7H2/t12-/m0/s1. The second kappa shape index (κ2) is 6.57. The molecule has 0 N–H and O–H groups in total. The Labute approximate surface area is 136 Å². The predicted octanol–water partition coefficient (Wildman–Crippen LogP) is 1.29. The fraction of sp³-hybridized carbons (Fsp3) is 0.429. The lowest BCUT2D eigenvalue weighted by Gasteiger charge is -2.31. The van der Waals surface area contributed by atoms with Gasteiger partial charge in [-0.25, -0.2) is 4.98 Å². The molecule has 0 amide bonds. The van der Waals surface area contributed by atoms with Crippen molar-refractivity contribution < 1.29 is 9.26 Å². The number of hydrogen-bond donors (Lipinski definition) is 0. The number of thiophene rings is 1. The first-order valence-corrected chi connectivity index (χ1v) is 8.32. The number of aromatic nitrogens is 5. The summed E-state index contributed by atoms with van der Waals surface area (Å²) in [6.07, 6.45) is 3.32. The van der Waals surface area contributed by atoms with E-state index in [9.17, 15) is 0 Å². The molecule has 120 valence electrons. The molecule has 0 unspecified atom stereocenters. The van der Waals surface area contributed by atoms with Crippen molar-refractivity contribution in [3.05, 3.63) is 35.4 Å². The van der Waals surface area contributed by atoms with Crippen molar-refractivity contribution >= 4 is 11.3 Å². The van der Waals surface area contributed by atoms with Crippen molar-refractivity contribution in [1.29, 1.82) is 0 Å². The van der Waals surface area contributed by atoms with Crippen LogP contribution >= 0.6 is 11.3 Å². The Morgan fingerprint density at radius 1 is 1.39 bits per heavy atom. The van der Waals surface area contributed by atoms with Crippen LogP contribution in [0.1, 0.15) is 5.89 Å². The van der Waals surface area contributed by atoms with Gasteiger partial charge in [0, 0.05) is 24.0 Å². The third kappa shape index (κ3) is 3.46. The van der Waals surface area contributed by atoms with Gasteiger partial charge < -0.3 is 9.26 Å². The molecule has 8 nitrogen and oxygen atoms in total. The van der Waals surface area contributed by atoms with Gasteiger partial charge in [-0.05, 0) is 11.4 Å². The van der Waals surface area contributed by atoms with Crippen LogP contribution in [0.15, 0.2) is 34.0 Å². The van der Waals surface area contributed by atoms with Gasteiger partial charge in [0.05, 0.1) is 25.8 Å². The molecule has 0 radical (unpaired) electrons. The van der Waals surface area contributed by atoms with Crippen LogP contribution in [0.4, 0.5) is 0 Å². The van der Waals surface area contributed by atoms with Crippen molar-refractivity contribution in [2.45, 2.75) is 19.2 Å². The third-order valence-electron chi connectivity index (χ3n) is 3.69. The van der Waals surface area contributed by atoms with E-state index < -0.39 is 0 Å². The summed E-state index contributed by atoms with van der Waals surface area (Å²) in [5.41, 5.74) is 0.996. The Hall–Kier alpha value is -2.10. The Morgan fingerprint density at radius 3 is 3.22 bits per heavy atom. The van der Waals surface area contributed by atoms with E-state index >= 15 is 0 Å². The van der Waals surface area contributed by atoms with Crippen LogP contribution in [0.3, 0.4) is 0 Å². The number of rotatable bonds is 5. The quantitative estimate of drug-likeness (QED) is 0.696. The normalized spacial score (nSPS) is 19.2. The van der Waals surface area contributed by atoms with Crippen molar-refractivity contribution in [2.75, 3.05) is 19.7 Å². The summed E-state index contributed by atoms with van der Waals surface area (Å²) in [6, 6.07) is 1.99. The Balaban J connectivity index is 1.37. The summed E-state index contributed by atoms with van der Waals surface area (Å²) < 4.78 is 12.9. The molecule has 0 saturated carbocycles. The van der Waals surface area contributed by atoms with E-state index in [1.54, 1.807) is 22.3 Å². The molecule has 9 heteroatoms. The minimum atomic E-state index is 0.0877. The monoisotopic (exact) mass is 332 g/mol. The van der Waals surface area contributed by atoms with Crippen molar-refractivity contribution in [2.24, 2.45) is 0 Å². The van der Waals surface area contributed by atoms with E-state index in [1.165, 1.54) is 6.33 Å². The lowest BCUT2D eigenvalue weighted by Crippen LogP contribution is -2.43. The van der Waals surface area contributed by atoms with Gasteiger partial charge >= 0.3 is 0 Å². The van der Waals surface area contributed by atoms with E-state index in [4.69, 9.17) is 9.26 Å². The lowest BCUT2D eigenvalue weighted by atomic mass is 10.2. The first kappa shape index (κ1) is 14.5. The summed E-state index contributed by atoms with van der Waals surface area (Å²) >= 11 is 1.62. The lowest BCUT2D eigenvalue weighted by molar-refractivity contribution is -0.0426. The molecule has 3 aromatic heterocycles. The van der Waals surface area contributed by atoms with Crippen LogP contribution in [0.2, 0.25) is 0 Å². The second-order valence-corrected chi connectivity index (χ2v) is 6.15. The van der Waals surface area contributed by atoms with Crippen LogP contribution in [-0.4, -0.2) is 55.6 Å². The number of nitrogens with zero attached hydrogens (tertiary/aromatic N) is 6. The predicted molar refractivity (Wildman–Crippen MR) is 82.7 cm³/mol. The van der Waals surface area contributed by atoms with Crippen molar-refractivity contribution in [3.8, 4) is 11.4 Å². The molecule has 3 aromatic rings. The molecule has 1 aliphatic rings. The van der Waals surface area contributed by atoms with E-state index in [1.807, 2.05) is 16.8 Å². The van der Waals surface area contributed by atoms with E-state index in [0.717, 1.165) is 18.7 Å². The van der Waals surface area contributed by atoms with Gasteiger partial charge in [0.25, 0.3) is 0 Å². The molecular weight excluding hydrogens is 316 g/mol. The smallest absolute Gasteiger partial charge is 0.241 e. The highest BCUT2D eigenvalue weighted by Gasteiger charge is 2.23.